The third-order valence-electron chi connectivity index (χ3n) is 21.3. The first-order valence-electron chi connectivity index (χ1n) is 36.3. The van der Waals surface area contributed by atoms with Crippen LogP contribution in [0, 0.1) is 47.3 Å². The Hall–Kier alpha value is -2.37. The average Bonchev–Trinajstić information content (AvgIpc) is 0.771. The van der Waals surface area contributed by atoms with Crippen LogP contribution >= 0.6 is 0 Å². The molecule has 0 amide bonds. The van der Waals surface area contributed by atoms with Gasteiger partial charge < -0.3 is 106 Å². The van der Waals surface area contributed by atoms with E-state index in [0.717, 1.165) is 19.3 Å². The lowest BCUT2D eigenvalue weighted by molar-refractivity contribution is -0.351. The highest BCUT2D eigenvalue weighted by atomic mass is 16.7. The first kappa shape index (κ1) is 87.8. The number of nitrogens with zero attached hydrogens (tertiary/aromatic N) is 1. The van der Waals surface area contributed by atoms with E-state index < -0.39 is 170 Å². The molecule has 0 aliphatic carbocycles. The smallest absolute Gasteiger partial charge is 0.311 e. The predicted octanol–water partition coefficient (Wildman–Crippen LogP) is 5.78. The topological polar surface area (TPSA) is 381 Å². The van der Waals surface area contributed by atoms with Crippen molar-refractivity contribution in [1.82, 2.24) is 4.90 Å². The van der Waals surface area contributed by atoms with E-state index in [1.807, 2.05) is 20.8 Å². The van der Waals surface area contributed by atoms with Crippen LogP contribution in [0.1, 0.15) is 218 Å². The van der Waals surface area contributed by atoms with Crippen LogP contribution in [0.2, 0.25) is 0 Å². The van der Waals surface area contributed by atoms with E-state index in [9.17, 15) is 86.5 Å². The summed E-state index contributed by atoms with van der Waals surface area (Å²) in [5.74, 6) is -5.72. The minimum absolute atomic E-state index is 0.00514. The summed E-state index contributed by atoms with van der Waals surface area (Å²) in [6.45, 7) is 21.8. The third kappa shape index (κ3) is 29.9. The summed E-state index contributed by atoms with van der Waals surface area (Å²) in [6.07, 6.45) is -4.37. The lowest BCUT2D eigenvalue weighted by Crippen LogP contribution is -2.64. The molecule has 2 saturated heterocycles. The van der Waals surface area contributed by atoms with Crippen molar-refractivity contribution >= 4 is 5.97 Å². The average molecular weight is 1370 g/mol. The summed E-state index contributed by atoms with van der Waals surface area (Å²) in [5, 5.41) is 180. The summed E-state index contributed by atoms with van der Waals surface area (Å²) in [5.41, 5.74) is 1.02. The van der Waals surface area contributed by atoms with Crippen LogP contribution < -0.4 is 0 Å². The van der Waals surface area contributed by atoms with Crippen LogP contribution in [0.15, 0.2) is 47.6 Å². The lowest BCUT2D eigenvalue weighted by Gasteiger charge is -2.50. The van der Waals surface area contributed by atoms with Crippen molar-refractivity contribution in [2.75, 3.05) is 14.1 Å². The van der Waals surface area contributed by atoms with Gasteiger partial charge in [-0.3, -0.25) is 4.79 Å². The highest BCUT2D eigenvalue weighted by Crippen LogP contribution is 2.42. The zero-order valence-corrected chi connectivity index (χ0v) is 60.7. The molecule has 22 nitrogen and oxygen atoms in total. The maximum atomic E-state index is 13.8. The summed E-state index contributed by atoms with van der Waals surface area (Å²) >= 11 is 0. The van der Waals surface area contributed by atoms with Crippen LogP contribution in [-0.2, 0) is 23.7 Å². The summed E-state index contributed by atoms with van der Waals surface area (Å²) in [4.78, 5) is 15.4. The molecule has 562 valence electrons. The predicted molar refractivity (Wildman–Crippen MR) is 368 cm³/mol. The maximum Gasteiger partial charge on any atom is 0.311 e. The fraction of sp³-hybridized carbons (Fsp3) is 0.878. The van der Waals surface area contributed by atoms with E-state index in [0.29, 0.717) is 62.0 Å². The number of cyclic esters (lactones) is 1. The Labute approximate surface area is 575 Å². The van der Waals surface area contributed by atoms with Gasteiger partial charge in [-0.25, -0.2) is 0 Å². The highest BCUT2D eigenvalue weighted by Gasteiger charge is 2.53. The van der Waals surface area contributed by atoms with E-state index in [-0.39, 0.29) is 82.0 Å². The Morgan fingerprint density at radius 1 is 0.604 bits per heavy atom. The van der Waals surface area contributed by atoms with Crippen molar-refractivity contribution < 1.29 is 105 Å². The van der Waals surface area contributed by atoms with Crippen molar-refractivity contribution in [3.8, 4) is 0 Å². The molecule has 3 heterocycles. The van der Waals surface area contributed by atoms with Gasteiger partial charge >= 0.3 is 5.97 Å². The molecule has 0 aromatic carbocycles. The van der Waals surface area contributed by atoms with Crippen molar-refractivity contribution in [1.29, 1.82) is 0 Å². The number of esters is 1. The number of likely N-dealkylation sites (N-methyl/N-ethyl adjacent to an activating group) is 1. The van der Waals surface area contributed by atoms with Crippen molar-refractivity contribution in [2.24, 2.45) is 47.3 Å². The standard InChI is InChI=1S/C74H135NO21/c1-42(2)21-15-17-24-53-35-46(6)64(86)38-55(77)26-20-28-60(82)49(9)59(81)27-18-16-22-45(5)69(88)50(10)65-40-66(95-73-72(91)68(75(13)14)70(89)52(12)94-73)51(11)74(92,96-65)41-67(87)93-47(7)30-31-56(78)36-54(76)25-19-23-43(3)48(8)61(83)33-29-44(4)63(85)39-58(80)37-57(79)32-34-62(84)71(53)90/h16,18,22,30-31,35,42-44,47-66,68-73,76-86,88-92H,15,17,19-21,23-29,32-34,36-41H2,1-14H3/b18-16+,31-30+,45-22+,46-35-/t43?,44?,47?,48?,49?,50?,51?,52-,53?,54?,55?,56?,57?,58?,59?,60?,61?,62?,63?,64?,65?,66?,68+,69?,70-,71?,72-,73+,74?/m1/s1. The summed E-state index contributed by atoms with van der Waals surface area (Å²) < 4.78 is 24.6. The van der Waals surface area contributed by atoms with Crippen molar-refractivity contribution in [2.45, 2.75) is 352 Å². The van der Waals surface area contributed by atoms with Gasteiger partial charge in [0.05, 0.1) is 116 Å². The number of aliphatic hydroxyl groups excluding tert-OH is 15. The molecule has 2 bridgehead atoms. The molecule has 0 radical (unpaired) electrons. The van der Waals surface area contributed by atoms with Gasteiger partial charge in [0.25, 0.3) is 0 Å². The van der Waals surface area contributed by atoms with E-state index in [1.165, 1.54) is 12.2 Å². The normalized spacial score (nSPS) is 44.4. The second-order valence-corrected chi connectivity index (χ2v) is 30.4. The van der Waals surface area contributed by atoms with E-state index in [1.54, 1.807) is 91.8 Å². The second-order valence-electron chi connectivity index (χ2n) is 30.4. The van der Waals surface area contributed by atoms with Crippen LogP contribution in [0.4, 0.5) is 0 Å². The molecule has 3 aliphatic rings. The van der Waals surface area contributed by atoms with Crippen LogP contribution in [-0.4, -0.2) is 241 Å². The number of carbonyl (C=O) groups excluding carboxylic acids is 1. The molecule has 2 fully saturated rings. The second kappa shape index (κ2) is 43.6. The van der Waals surface area contributed by atoms with Crippen molar-refractivity contribution in [3.05, 3.63) is 47.6 Å². The number of aliphatic hydroxyl groups is 16. The van der Waals surface area contributed by atoms with Gasteiger partial charge in [0, 0.05) is 42.9 Å². The van der Waals surface area contributed by atoms with Gasteiger partial charge in [0.15, 0.2) is 12.1 Å². The Morgan fingerprint density at radius 2 is 1.22 bits per heavy atom. The minimum Gasteiger partial charge on any atom is -0.458 e. The van der Waals surface area contributed by atoms with Gasteiger partial charge in [0.1, 0.15) is 12.2 Å². The largest absolute Gasteiger partial charge is 0.458 e. The van der Waals surface area contributed by atoms with Crippen LogP contribution in [0.3, 0.4) is 0 Å². The fourth-order valence-corrected chi connectivity index (χ4v) is 13.8. The zero-order valence-electron chi connectivity index (χ0n) is 60.7. The molecule has 29 atom stereocenters. The number of ether oxygens (including phenoxy) is 4. The van der Waals surface area contributed by atoms with Crippen LogP contribution in [0.5, 0.6) is 0 Å². The molecule has 16 N–H and O–H groups in total. The van der Waals surface area contributed by atoms with E-state index in [4.69, 9.17) is 18.9 Å². The number of hydrogen-bond acceptors (Lipinski definition) is 22. The highest BCUT2D eigenvalue weighted by molar-refractivity contribution is 5.71. The van der Waals surface area contributed by atoms with E-state index in [2.05, 4.69) is 13.8 Å². The molecule has 24 unspecified atom stereocenters. The number of fused-ring (bicyclic) bond motifs is 2. The number of rotatable bonds is 8. The SMILES string of the molecule is C/C1=C/C(CCCCC(C)C)C(O)C(O)CCC(O)CC(O)CC(O)C(C)CCC(O)C(C)C(C)CCCC(O)CC(O)/C=C/C(C)OC(=O)CC2(O)OC(CC(O[C@@H]3O[C@H](C)[C@@H](O)[C@H](N(C)C)[C@H]3O)C2C)C(C)C(O)/C(C)=C/C=C/CC(O)C(C)C(O)CCCC(O)CC1O. The number of allylic oxidation sites excluding steroid dienone is 2. The molecule has 96 heavy (non-hydrogen) atoms. The van der Waals surface area contributed by atoms with Crippen LogP contribution in [0.25, 0.3) is 0 Å². The summed E-state index contributed by atoms with van der Waals surface area (Å²) in [6, 6.07) is -0.772. The Balaban J connectivity index is 1.86. The van der Waals surface area contributed by atoms with Gasteiger partial charge in [-0.2, -0.15) is 0 Å². The maximum absolute atomic E-state index is 13.8. The molecular weight excluding hydrogens is 1240 g/mol. The fourth-order valence-electron chi connectivity index (χ4n) is 13.8. The quantitative estimate of drug-likeness (QED) is 0.0778. The van der Waals surface area contributed by atoms with Gasteiger partial charge in [-0.05, 0) is 160 Å². The Kier molecular flexibility index (Phi) is 39.9. The number of hydrogen-bond donors (Lipinski definition) is 16. The lowest BCUT2D eigenvalue weighted by atomic mass is 9.80. The molecule has 0 spiro atoms. The molecule has 0 aromatic rings. The molecule has 3 rings (SSSR count). The van der Waals surface area contributed by atoms with Gasteiger partial charge in [-0.1, -0.05) is 118 Å². The Morgan fingerprint density at radius 3 is 1.86 bits per heavy atom. The number of unbranched alkanes of at least 4 members (excludes halogenated alkanes) is 1. The molecular formula is C74H135NO21. The monoisotopic (exact) mass is 1370 g/mol. The zero-order chi connectivity index (χ0) is 72.5. The molecule has 0 saturated carbocycles. The minimum atomic E-state index is -2.24. The number of carbonyl (C=O) groups is 1. The Bertz CT molecular complexity index is 2270. The first-order chi connectivity index (χ1) is 44.9. The molecule has 22 heteroatoms. The summed E-state index contributed by atoms with van der Waals surface area (Å²) in [7, 11) is 3.42. The third-order valence-corrected chi connectivity index (χ3v) is 21.3. The van der Waals surface area contributed by atoms with Gasteiger partial charge in [0.2, 0.25) is 0 Å². The van der Waals surface area contributed by atoms with E-state index >= 15 is 0 Å². The first-order valence-corrected chi connectivity index (χ1v) is 36.3. The van der Waals surface area contributed by atoms with Gasteiger partial charge in [-0.15, -0.1) is 0 Å². The molecule has 3 aliphatic heterocycles. The van der Waals surface area contributed by atoms with Crippen molar-refractivity contribution in [3.63, 3.8) is 0 Å². The molecule has 0 aromatic heterocycles.